The van der Waals surface area contributed by atoms with Crippen LogP contribution in [0.4, 0.5) is 0 Å². The van der Waals surface area contributed by atoms with E-state index in [-0.39, 0.29) is 19.0 Å². The average Bonchev–Trinajstić information content (AvgIpc) is 2.26. The molecule has 0 aliphatic carbocycles. The van der Waals surface area contributed by atoms with Crippen molar-refractivity contribution in [1.29, 1.82) is 0 Å². The van der Waals surface area contributed by atoms with Crippen molar-refractivity contribution in [3.8, 4) is 0 Å². The van der Waals surface area contributed by atoms with Crippen molar-refractivity contribution in [1.82, 2.24) is 10.3 Å². The molecule has 5 nitrogen and oxygen atoms in total. The Balaban J connectivity index is 2.35. The molecule has 0 amide bonds. The van der Waals surface area contributed by atoms with Crippen LogP contribution in [0.15, 0.2) is 24.4 Å². The van der Waals surface area contributed by atoms with E-state index < -0.39 is 12.1 Å². The van der Waals surface area contributed by atoms with Gasteiger partial charge in [0.2, 0.25) is 0 Å². The lowest BCUT2D eigenvalue weighted by molar-refractivity contribution is -0.139. The molecular formula is C11H16N2O3. The number of hydrogen-bond donors (Lipinski definition) is 3. The Morgan fingerprint density at radius 2 is 2.31 bits per heavy atom. The van der Waals surface area contributed by atoms with Crippen LogP contribution in [0, 0.1) is 0 Å². The van der Waals surface area contributed by atoms with Crippen LogP contribution >= 0.6 is 0 Å². The van der Waals surface area contributed by atoms with Gasteiger partial charge in [0.25, 0.3) is 0 Å². The quantitative estimate of drug-likeness (QED) is 0.658. The second-order valence-electron chi connectivity index (χ2n) is 3.64. The summed E-state index contributed by atoms with van der Waals surface area (Å²) in [6, 6.07) is 5.58. The molecule has 1 heterocycles. The number of carboxylic acid groups (broad SMARTS) is 1. The summed E-state index contributed by atoms with van der Waals surface area (Å²) < 4.78 is 0. The Morgan fingerprint density at radius 3 is 2.88 bits per heavy atom. The Morgan fingerprint density at radius 1 is 1.56 bits per heavy atom. The van der Waals surface area contributed by atoms with Gasteiger partial charge in [0.05, 0.1) is 18.2 Å². The highest BCUT2D eigenvalue weighted by atomic mass is 16.4. The number of aliphatic hydroxyl groups excluding tert-OH is 1. The zero-order chi connectivity index (χ0) is 12.0. The van der Waals surface area contributed by atoms with E-state index in [0.717, 1.165) is 5.69 Å². The third-order valence-electron chi connectivity index (χ3n) is 2.20. The summed E-state index contributed by atoms with van der Waals surface area (Å²) in [5.74, 6) is -1.00. The summed E-state index contributed by atoms with van der Waals surface area (Å²) in [4.78, 5) is 14.5. The zero-order valence-electron chi connectivity index (χ0n) is 9.13. The van der Waals surface area contributed by atoms with Gasteiger partial charge >= 0.3 is 5.97 Å². The van der Waals surface area contributed by atoms with Crippen molar-refractivity contribution in [3.05, 3.63) is 30.1 Å². The van der Waals surface area contributed by atoms with E-state index in [1.165, 1.54) is 0 Å². The van der Waals surface area contributed by atoms with Crippen LogP contribution in [-0.2, 0) is 4.79 Å². The fourth-order valence-electron chi connectivity index (χ4n) is 1.32. The molecule has 3 N–H and O–H groups in total. The molecule has 16 heavy (non-hydrogen) atoms. The summed E-state index contributed by atoms with van der Waals surface area (Å²) in [6.45, 7) is 2.15. The number of aliphatic carboxylic acids is 1. The first-order valence-corrected chi connectivity index (χ1v) is 5.13. The molecule has 1 unspecified atom stereocenters. The number of rotatable bonds is 6. The summed E-state index contributed by atoms with van der Waals surface area (Å²) in [7, 11) is 0. The van der Waals surface area contributed by atoms with Crippen molar-refractivity contribution in [2.45, 2.75) is 25.5 Å². The molecule has 0 fully saturated rings. The smallest absolute Gasteiger partial charge is 0.306 e. The van der Waals surface area contributed by atoms with Gasteiger partial charge < -0.3 is 15.5 Å². The van der Waals surface area contributed by atoms with Crippen LogP contribution in [0.1, 0.15) is 25.1 Å². The van der Waals surface area contributed by atoms with Crippen molar-refractivity contribution < 1.29 is 15.0 Å². The third kappa shape index (κ3) is 4.37. The van der Waals surface area contributed by atoms with E-state index in [1.54, 1.807) is 6.20 Å². The van der Waals surface area contributed by atoms with Gasteiger partial charge in [0.1, 0.15) is 0 Å². The maximum absolute atomic E-state index is 10.3. The molecule has 1 rings (SSSR count). The van der Waals surface area contributed by atoms with Gasteiger partial charge in [-0.1, -0.05) is 6.07 Å². The molecule has 5 heteroatoms. The second-order valence-corrected chi connectivity index (χ2v) is 3.64. The number of carboxylic acids is 1. The van der Waals surface area contributed by atoms with Gasteiger partial charge in [0, 0.05) is 18.8 Å². The number of aliphatic hydroxyl groups is 1. The summed E-state index contributed by atoms with van der Waals surface area (Å²) >= 11 is 0. The molecule has 0 aliphatic rings. The van der Waals surface area contributed by atoms with E-state index in [9.17, 15) is 9.90 Å². The predicted octanol–water partition coefficient (Wildman–Crippen LogP) is 0.568. The molecule has 0 bridgehead atoms. The molecule has 88 valence electrons. The molecule has 0 aromatic carbocycles. The standard InChI is InChI=1S/C11H16N2O3/c1-8(10-4-2-3-5-12-10)13-7-9(14)6-11(15)16/h2-5,8-9,13-14H,6-7H2,1H3,(H,15,16)/t8-,9?/m0/s1. The first-order chi connectivity index (χ1) is 7.59. The van der Waals surface area contributed by atoms with Crippen molar-refractivity contribution >= 4 is 5.97 Å². The van der Waals surface area contributed by atoms with Gasteiger partial charge in [-0.3, -0.25) is 9.78 Å². The molecular weight excluding hydrogens is 208 g/mol. The van der Waals surface area contributed by atoms with Crippen LogP contribution in [0.5, 0.6) is 0 Å². The van der Waals surface area contributed by atoms with E-state index in [4.69, 9.17) is 5.11 Å². The molecule has 1 aromatic heterocycles. The average molecular weight is 224 g/mol. The minimum atomic E-state index is -1.00. The van der Waals surface area contributed by atoms with Crippen LogP contribution < -0.4 is 5.32 Å². The zero-order valence-corrected chi connectivity index (χ0v) is 9.13. The van der Waals surface area contributed by atoms with E-state index in [2.05, 4.69) is 10.3 Å². The fourth-order valence-corrected chi connectivity index (χ4v) is 1.32. The largest absolute Gasteiger partial charge is 0.481 e. The van der Waals surface area contributed by atoms with Crippen LogP contribution in [0.2, 0.25) is 0 Å². The van der Waals surface area contributed by atoms with Crippen molar-refractivity contribution in [2.24, 2.45) is 0 Å². The molecule has 0 saturated heterocycles. The normalized spacial score (nSPS) is 14.4. The van der Waals surface area contributed by atoms with E-state index >= 15 is 0 Å². The van der Waals surface area contributed by atoms with Gasteiger partial charge in [-0.25, -0.2) is 0 Å². The Hall–Kier alpha value is -1.46. The molecule has 0 spiro atoms. The van der Waals surface area contributed by atoms with Crippen molar-refractivity contribution in [3.63, 3.8) is 0 Å². The van der Waals surface area contributed by atoms with Gasteiger partial charge in [-0.15, -0.1) is 0 Å². The molecule has 0 saturated carbocycles. The maximum atomic E-state index is 10.3. The minimum Gasteiger partial charge on any atom is -0.481 e. The van der Waals surface area contributed by atoms with Crippen molar-refractivity contribution in [2.75, 3.05) is 6.54 Å². The Labute approximate surface area is 94.1 Å². The second kappa shape index (κ2) is 6.19. The lowest BCUT2D eigenvalue weighted by Crippen LogP contribution is -2.30. The summed E-state index contributed by atoms with van der Waals surface area (Å²) in [6.07, 6.45) is 0.576. The van der Waals surface area contributed by atoms with E-state index in [1.807, 2.05) is 25.1 Å². The first kappa shape index (κ1) is 12.6. The molecule has 0 radical (unpaired) electrons. The van der Waals surface area contributed by atoms with Gasteiger partial charge in [0.15, 0.2) is 0 Å². The molecule has 1 aromatic rings. The number of aromatic nitrogens is 1. The lowest BCUT2D eigenvalue weighted by atomic mass is 10.2. The third-order valence-corrected chi connectivity index (χ3v) is 2.20. The summed E-state index contributed by atoms with van der Waals surface area (Å²) in [5.41, 5.74) is 0.866. The SMILES string of the molecule is C[C@H](NCC(O)CC(=O)O)c1ccccn1. The van der Waals surface area contributed by atoms with Crippen LogP contribution in [0.25, 0.3) is 0 Å². The first-order valence-electron chi connectivity index (χ1n) is 5.13. The van der Waals surface area contributed by atoms with Crippen LogP contribution in [-0.4, -0.2) is 33.8 Å². The minimum absolute atomic E-state index is 0.00959. The highest BCUT2D eigenvalue weighted by molar-refractivity contribution is 5.67. The Bertz CT molecular complexity index is 329. The molecule has 0 aliphatic heterocycles. The number of pyridine rings is 1. The maximum Gasteiger partial charge on any atom is 0.306 e. The summed E-state index contributed by atoms with van der Waals surface area (Å²) in [5, 5.41) is 20.8. The van der Waals surface area contributed by atoms with E-state index in [0.29, 0.717) is 0 Å². The number of nitrogens with zero attached hydrogens (tertiary/aromatic N) is 1. The highest BCUT2D eigenvalue weighted by Gasteiger charge is 2.11. The Kier molecular flexibility index (Phi) is 4.88. The highest BCUT2D eigenvalue weighted by Crippen LogP contribution is 2.07. The lowest BCUT2D eigenvalue weighted by Gasteiger charge is -2.15. The molecule has 2 atom stereocenters. The fraction of sp³-hybridized carbons (Fsp3) is 0.455. The number of hydrogen-bond acceptors (Lipinski definition) is 4. The van der Waals surface area contributed by atoms with Gasteiger partial charge in [-0.2, -0.15) is 0 Å². The topological polar surface area (TPSA) is 82.5 Å². The van der Waals surface area contributed by atoms with Crippen LogP contribution in [0.3, 0.4) is 0 Å². The predicted molar refractivity (Wildman–Crippen MR) is 58.9 cm³/mol. The number of carbonyl (C=O) groups is 1. The number of nitrogens with one attached hydrogen (secondary N) is 1. The monoisotopic (exact) mass is 224 g/mol. The van der Waals surface area contributed by atoms with Gasteiger partial charge in [-0.05, 0) is 19.1 Å².